The molecule has 6 heteroatoms. The molecule has 1 aliphatic rings. The van der Waals surface area contributed by atoms with Crippen molar-refractivity contribution in [1.82, 2.24) is 10.6 Å². The van der Waals surface area contributed by atoms with Crippen molar-refractivity contribution in [2.24, 2.45) is 5.92 Å². The molecule has 3 rings (SSSR count). The molecule has 0 radical (unpaired) electrons. The molecule has 31 heavy (non-hydrogen) atoms. The van der Waals surface area contributed by atoms with Gasteiger partial charge in [-0.15, -0.1) is 0 Å². The molecule has 0 aromatic heterocycles. The molecule has 3 unspecified atom stereocenters. The van der Waals surface area contributed by atoms with Crippen molar-refractivity contribution in [1.29, 1.82) is 0 Å². The standard InChI is InChI=1S/C25H30N2O4/c1-16(2)14-21(24(30)27-25(4)17(3)31-15-22(25)28)26-23(29)20-12-10-19(11-13-20)18-8-6-5-7-9-18/h5-13,16-17,21H,14-15H2,1-4H3,(H,26,29)(H,27,30). The summed E-state index contributed by atoms with van der Waals surface area (Å²) in [4.78, 5) is 38.1. The number of nitrogens with one attached hydrogen (secondary N) is 2. The number of rotatable bonds is 7. The van der Waals surface area contributed by atoms with Gasteiger partial charge in [0, 0.05) is 5.56 Å². The van der Waals surface area contributed by atoms with Gasteiger partial charge in [-0.25, -0.2) is 0 Å². The van der Waals surface area contributed by atoms with Crippen LogP contribution in [0, 0.1) is 5.92 Å². The number of benzene rings is 2. The third-order valence-corrected chi connectivity index (χ3v) is 5.82. The third kappa shape index (κ3) is 5.20. The second-order valence-electron chi connectivity index (χ2n) is 8.67. The summed E-state index contributed by atoms with van der Waals surface area (Å²) in [6.45, 7) is 7.37. The van der Waals surface area contributed by atoms with Gasteiger partial charge in [0.15, 0.2) is 5.78 Å². The highest BCUT2D eigenvalue weighted by atomic mass is 16.5. The maximum Gasteiger partial charge on any atom is 0.251 e. The van der Waals surface area contributed by atoms with Crippen molar-refractivity contribution >= 4 is 17.6 Å². The highest BCUT2D eigenvalue weighted by Crippen LogP contribution is 2.23. The summed E-state index contributed by atoms with van der Waals surface area (Å²) >= 11 is 0. The molecule has 164 valence electrons. The number of amides is 2. The first-order valence-electron chi connectivity index (χ1n) is 10.6. The van der Waals surface area contributed by atoms with Gasteiger partial charge in [-0.3, -0.25) is 14.4 Å². The lowest BCUT2D eigenvalue weighted by Gasteiger charge is -2.30. The van der Waals surface area contributed by atoms with Crippen LogP contribution in [0.5, 0.6) is 0 Å². The molecular formula is C25H30N2O4. The molecule has 2 aromatic carbocycles. The van der Waals surface area contributed by atoms with Crippen molar-refractivity contribution in [3.8, 4) is 11.1 Å². The Morgan fingerprint density at radius 2 is 1.68 bits per heavy atom. The average molecular weight is 423 g/mol. The lowest BCUT2D eigenvalue weighted by molar-refractivity contribution is -0.130. The number of hydrogen-bond acceptors (Lipinski definition) is 4. The van der Waals surface area contributed by atoms with E-state index in [1.165, 1.54) is 0 Å². The van der Waals surface area contributed by atoms with E-state index < -0.39 is 17.7 Å². The lowest BCUT2D eigenvalue weighted by Crippen LogP contribution is -2.60. The summed E-state index contributed by atoms with van der Waals surface area (Å²) in [6, 6.07) is 16.4. The third-order valence-electron chi connectivity index (χ3n) is 5.82. The zero-order valence-corrected chi connectivity index (χ0v) is 18.5. The Morgan fingerprint density at radius 3 is 2.23 bits per heavy atom. The molecule has 2 aromatic rings. The van der Waals surface area contributed by atoms with Crippen LogP contribution in [0.15, 0.2) is 54.6 Å². The Balaban J connectivity index is 1.72. The molecule has 0 bridgehead atoms. The topological polar surface area (TPSA) is 84.5 Å². The van der Waals surface area contributed by atoms with E-state index in [2.05, 4.69) is 10.6 Å². The Bertz CT molecular complexity index is 940. The van der Waals surface area contributed by atoms with Gasteiger partial charge in [-0.05, 0) is 49.4 Å². The van der Waals surface area contributed by atoms with E-state index >= 15 is 0 Å². The zero-order chi connectivity index (χ0) is 22.6. The highest BCUT2D eigenvalue weighted by Gasteiger charge is 2.47. The molecular weight excluding hydrogens is 392 g/mol. The number of ketones is 1. The maximum atomic E-state index is 13.0. The molecule has 6 nitrogen and oxygen atoms in total. The van der Waals surface area contributed by atoms with Gasteiger partial charge in [-0.2, -0.15) is 0 Å². The van der Waals surface area contributed by atoms with Crippen LogP contribution >= 0.6 is 0 Å². The van der Waals surface area contributed by atoms with Crippen LogP contribution < -0.4 is 10.6 Å². The van der Waals surface area contributed by atoms with E-state index in [1.54, 1.807) is 26.0 Å². The molecule has 3 atom stereocenters. The quantitative estimate of drug-likeness (QED) is 0.717. The van der Waals surface area contributed by atoms with E-state index in [9.17, 15) is 14.4 Å². The first kappa shape index (κ1) is 22.7. The Kier molecular flexibility index (Phi) is 6.91. The van der Waals surface area contributed by atoms with Crippen LogP contribution in [0.4, 0.5) is 0 Å². The average Bonchev–Trinajstić information content (AvgIpc) is 3.00. The molecule has 1 aliphatic heterocycles. The summed E-state index contributed by atoms with van der Waals surface area (Å²) < 4.78 is 5.39. The van der Waals surface area contributed by atoms with Crippen LogP contribution in [0.2, 0.25) is 0 Å². The smallest absolute Gasteiger partial charge is 0.251 e. The maximum absolute atomic E-state index is 13.0. The van der Waals surface area contributed by atoms with Gasteiger partial charge in [-0.1, -0.05) is 56.3 Å². The molecule has 1 heterocycles. The van der Waals surface area contributed by atoms with Gasteiger partial charge in [0.25, 0.3) is 5.91 Å². The van der Waals surface area contributed by atoms with Gasteiger partial charge >= 0.3 is 0 Å². The van der Waals surface area contributed by atoms with Crippen LogP contribution in [0.1, 0.15) is 44.5 Å². The Hall–Kier alpha value is -2.99. The Labute approximate surface area is 183 Å². The second kappa shape index (κ2) is 9.43. The van der Waals surface area contributed by atoms with Crippen molar-refractivity contribution in [2.75, 3.05) is 6.61 Å². The first-order valence-corrected chi connectivity index (χ1v) is 10.6. The molecule has 0 aliphatic carbocycles. The van der Waals surface area contributed by atoms with Gasteiger partial charge < -0.3 is 15.4 Å². The predicted molar refractivity (Wildman–Crippen MR) is 120 cm³/mol. The van der Waals surface area contributed by atoms with Crippen LogP contribution in [-0.2, 0) is 14.3 Å². The minimum atomic E-state index is -1.09. The van der Waals surface area contributed by atoms with E-state index in [0.717, 1.165) is 11.1 Å². The summed E-state index contributed by atoms with van der Waals surface area (Å²) in [5, 5.41) is 5.66. The fourth-order valence-corrected chi connectivity index (χ4v) is 3.65. The molecule has 1 fully saturated rings. The van der Waals surface area contributed by atoms with Crippen LogP contribution in [-0.4, -0.2) is 41.9 Å². The highest BCUT2D eigenvalue weighted by molar-refractivity contribution is 6.00. The number of carbonyl (C=O) groups excluding carboxylic acids is 3. The van der Waals surface area contributed by atoms with Gasteiger partial charge in [0.05, 0.1) is 6.10 Å². The fraction of sp³-hybridized carbons (Fsp3) is 0.400. The molecule has 1 saturated heterocycles. The summed E-state index contributed by atoms with van der Waals surface area (Å²) in [7, 11) is 0. The van der Waals surface area contributed by atoms with Crippen molar-refractivity contribution in [3.05, 3.63) is 60.2 Å². The summed E-state index contributed by atoms with van der Waals surface area (Å²) in [6.07, 6.45) is 0.0315. The van der Waals surface area contributed by atoms with Crippen molar-refractivity contribution in [2.45, 2.75) is 51.8 Å². The zero-order valence-electron chi connectivity index (χ0n) is 18.5. The lowest BCUT2D eigenvalue weighted by atomic mass is 9.92. The fourth-order valence-electron chi connectivity index (χ4n) is 3.65. The molecule has 2 N–H and O–H groups in total. The number of carbonyl (C=O) groups is 3. The molecule has 2 amide bonds. The van der Waals surface area contributed by atoms with Gasteiger partial charge in [0.2, 0.25) is 5.91 Å². The predicted octanol–water partition coefficient (Wildman–Crippen LogP) is 3.36. The number of Topliss-reactive ketones (excluding diaryl/α,β-unsaturated/α-hetero) is 1. The summed E-state index contributed by atoms with van der Waals surface area (Å²) in [5.74, 6) is -0.694. The SMILES string of the molecule is CC(C)CC(NC(=O)c1ccc(-c2ccccc2)cc1)C(=O)NC1(C)C(=O)COC1C. The van der Waals surface area contributed by atoms with Crippen LogP contribution in [0.3, 0.4) is 0 Å². The monoisotopic (exact) mass is 422 g/mol. The molecule has 0 saturated carbocycles. The number of hydrogen-bond donors (Lipinski definition) is 2. The van der Waals surface area contributed by atoms with Gasteiger partial charge in [0.1, 0.15) is 18.2 Å². The van der Waals surface area contributed by atoms with E-state index in [-0.39, 0.29) is 30.1 Å². The minimum absolute atomic E-state index is 0.0209. The van der Waals surface area contributed by atoms with E-state index in [1.807, 2.05) is 56.3 Å². The first-order chi connectivity index (χ1) is 14.7. The number of ether oxygens (including phenoxy) is 1. The summed E-state index contributed by atoms with van der Waals surface area (Å²) in [5.41, 5.74) is 1.46. The minimum Gasteiger partial charge on any atom is -0.368 e. The molecule has 0 spiro atoms. The van der Waals surface area contributed by atoms with E-state index in [4.69, 9.17) is 4.74 Å². The normalized spacial score (nSPS) is 21.7. The van der Waals surface area contributed by atoms with Crippen molar-refractivity contribution < 1.29 is 19.1 Å². The van der Waals surface area contributed by atoms with Crippen molar-refractivity contribution in [3.63, 3.8) is 0 Å². The Morgan fingerprint density at radius 1 is 1.06 bits per heavy atom. The van der Waals surface area contributed by atoms with Crippen LogP contribution in [0.25, 0.3) is 11.1 Å². The largest absolute Gasteiger partial charge is 0.368 e. The van der Waals surface area contributed by atoms with E-state index in [0.29, 0.717) is 12.0 Å². The second-order valence-corrected chi connectivity index (χ2v) is 8.67.